The molecule has 16 heavy (non-hydrogen) atoms. The molecule has 0 unspecified atom stereocenters. The van der Waals surface area contributed by atoms with Crippen LogP contribution >= 0.6 is 11.6 Å². The third-order valence-corrected chi connectivity index (χ3v) is 2.41. The number of fused-ring (bicyclic) bond motifs is 1. The number of benzene rings is 1. The summed E-state index contributed by atoms with van der Waals surface area (Å²) in [6.45, 7) is 0. The van der Waals surface area contributed by atoms with Gasteiger partial charge in [-0.3, -0.25) is 9.78 Å². The number of hydrogen-bond acceptors (Lipinski definition) is 2. The predicted octanol–water partition coefficient (Wildman–Crippen LogP) is 2.65. The van der Waals surface area contributed by atoms with Crippen molar-refractivity contribution in [3.05, 3.63) is 40.8 Å². The van der Waals surface area contributed by atoms with Crippen LogP contribution in [0.5, 0.6) is 0 Å². The highest BCUT2D eigenvalue weighted by molar-refractivity contribution is 6.31. The van der Waals surface area contributed by atoms with Crippen LogP contribution in [0.4, 0.5) is 4.39 Å². The first kappa shape index (κ1) is 10.8. The van der Waals surface area contributed by atoms with Gasteiger partial charge in [-0.25, -0.2) is 4.39 Å². The van der Waals surface area contributed by atoms with Crippen molar-refractivity contribution in [2.24, 2.45) is 0 Å². The van der Waals surface area contributed by atoms with Gasteiger partial charge in [0.25, 0.3) is 0 Å². The molecule has 2 rings (SSSR count). The molecule has 1 aromatic heterocycles. The zero-order valence-corrected chi connectivity index (χ0v) is 8.83. The van der Waals surface area contributed by atoms with Gasteiger partial charge in [0.05, 0.1) is 22.7 Å². The van der Waals surface area contributed by atoms with Gasteiger partial charge in [0.1, 0.15) is 5.82 Å². The van der Waals surface area contributed by atoms with Gasteiger partial charge in [0.15, 0.2) is 0 Å². The first-order valence-electron chi connectivity index (χ1n) is 4.53. The number of hydrogen-bond donors (Lipinski definition) is 1. The molecular formula is C11H7ClFNO2. The molecule has 82 valence electrons. The van der Waals surface area contributed by atoms with Crippen LogP contribution in [-0.4, -0.2) is 16.1 Å². The molecule has 3 nitrogen and oxygen atoms in total. The van der Waals surface area contributed by atoms with E-state index in [1.165, 1.54) is 12.1 Å². The summed E-state index contributed by atoms with van der Waals surface area (Å²) in [6.07, 6.45) is -0.162. The molecule has 0 atom stereocenters. The van der Waals surface area contributed by atoms with Gasteiger partial charge in [-0.15, -0.1) is 0 Å². The van der Waals surface area contributed by atoms with Gasteiger partial charge in [-0.2, -0.15) is 0 Å². The first-order chi connectivity index (χ1) is 7.56. The fraction of sp³-hybridized carbons (Fsp3) is 0.0909. The fourth-order valence-electron chi connectivity index (χ4n) is 1.41. The third-order valence-electron chi connectivity index (χ3n) is 2.12. The van der Waals surface area contributed by atoms with E-state index in [9.17, 15) is 9.18 Å². The Kier molecular flexibility index (Phi) is 2.75. The van der Waals surface area contributed by atoms with Crippen LogP contribution in [0, 0.1) is 5.82 Å². The Morgan fingerprint density at radius 2 is 2.19 bits per heavy atom. The number of rotatable bonds is 2. The van der Waals surface area contributed by atoms with Gasteiger partial charge in [-0.1, -0.05) is 17.7 Å². The van der Waals surface area contributed by atoms with E-state index >= 15 is 0 Å². The Bertz CT molecular complexity index is 571. The highest BCUT2D eigenvalue weighted by Gasteiger charge is 2.06. The number of aliphatic carboxylic acids is 1. The van der Waals surface area contributed by atoms with Gasteiger partial charge in [-0.05, 0) is 18.2 Å². The highest BCUT2D eigenvalue weighted by Crippen LogP contribution is 2.21. The van der Waals surface area contributed by atoms with Crippen molar-refractivity contribution in [3.63, 3.8) is 0 Å². The molecule has 0 bridgehead atoms. The van der Waals surface area contributed by atoms with Crippen molar-refractivity contribution in [3.8, 4) is 0 Å². The lowest BCUT2D eigenvalue weighted by atomic mass is 10.2. The maximum absolute atomic E-state index is 13.1. The number of carbonyl (C=O) groups is 1. The zero-order valence-electron chi connectivity index (χ0n) is 8.08. The molecule has 1 N–H and O–H groups in total. The van der Waals surface area contributed by atoms with Crippen molar-refractivity contribution < 1.29 is 14.3 Å². The Morgan fingerprint density at radius 1 is 1.44 bits per heavy atom. The molecule has 0 aliphatic rings. The van der Waals surface area contributed by atoms with Gasteiger partial charge in [0, 0.05) is 5.39 Å². The van der Waals surface area contributed by atoms with Crippen LogP contribution in [0.2, 0.25) is 5.02 Å². The van der Waals surface area contributed by atoms with E-state index in [1.807, 2.05) is 0 Å². The van der Waals surface area contributed by atoms with Crippen molar-refractivity contribution in [1.82, 2.24) is 4.98 Å². The number of halogens is 2. The smallest absolute Gasteiger partial charge is 0.309 e. The lowest BCUT2D eigenvalue weighted by Gasteiger charge is -2.02. The summed E-state index contributed by atoms with van der Waals surface area (Å²) < 4.78 is 13.1. The van der Waals surface area contributed by atoms with E-state index in [4.69, 9.17) is 16.7 Å². The Balaban J connectivity index is 2.53. The number of carboxylic acids is 1. The predicted molar refractivity (Wildman–Crippen MR) is 58.1 cm³/mol. The van der Waals surface area contributed by atoms with Crippen LogP contribution in [-0.2, 0) is 11.2 Å². The highest BCUT2D eigenvalue weighted by atomic mass is 35.5. The Hall–Kier alpha value is -1.68. The number of pyridine rings is 1. The topological polar surface area (TPSA) is 50.2 Å². The summed E-state index contributed by atoms with van der Waals surface area (Å²) in [6, 6.07) is 5.84. The molecule has 2 aromatic rings. The van der Waals surface area contributed by atoms with Crippen LogP contribution in [0.1, 0.15) is 5.69 Å². The molecule has 0 radical (unpaired) electrons. The summed E-state index contributed by atoms with van der Waals surface area (Å²) in [4.78, 5) is 14.6. The summed E-state index contributed by atoms with van der Waals surface area (Å²) in [5, 5.41) is 9.18. The molecule has 0 saturated heterocycles. The molecule has 0 aliphatic heterocycles. The van der Waals surface area contributed by atoms with Gasteiger partial charge in [0.2, 0.25) is 0 Å². The average molecular weight is 240 g/mol. The molecule has 1 aromatic carbocycles. The van der Waals surface area contributed by atoms with Crippen LogP contribution in [0.3, 0.4) is 0 Å². The van der Waals surface area contributed by atoms with Crippen LogP contribution in [0.25, 0.3) is 10.9 Å². The van der Waals surface area contributed by atoms with Crippen molar-refractivity contribution in [2.75, 3.05) is 0 Å². The quantitative estimate of drug-likeness (QED) is 0.877. The Labute approximate surface area is 95.5 Å². The second-order valence-electron chi connectivity index (χ2n) is 3.33. The minimum atomic E-state index is -0.958. The normalized spacial score (nSPS) is 10.6. The summed E-state index contributed by atoms with van der Waals surface area (Å²) in [7, 11) is 0. The molecular weight excluding hydrogens is 233 g/mol. The van der Waals surface area contributed by atoms with E-state index < -0.39 is 11.8 Å². The average Bonchev–Trinajstić information content (AvgIpc) is 2.19. The minimum Gasteiger partial charge on any atom is -0.481 e. The maximum atomic E-state index is 13.1. The second-order valence-corrected chi connectivity index (χ2v) is 3.74. The zero-order chi connectivity index (χ0) is 11.7. The summed E-state index contributed by atoms with van der Waals surface area (Å²) in [5.74, 6) is -1.47. The standard InChI is InChI=1S/C11H7ClFNO2/c12-8-5-10-6(3-9(8)13)1-2-7(14-10)4-11(15)16/h1-3,5H,4H2,(H,15,16). The molecule has 0 aliphatic carbocycles. The van der Waals surface area contributed by atoms with Gasteiger partial charge < -0.3 is 5.11 Å². The van der Waals surface area contributed by atoms with Crippen LogP contribution in [0.15, 0.2) is 24.3 Å². The minimum absolute atomic E-state index is 0.0209. The lowest BCUT2D eigenvalue weighted by molar-refractivity contribution is -0.136. The van der Waals surface area contributed by atoms with Crippen molar-refractivity contribution in [2.45, 2.75) is 6.42 Å². The van der Waals surface area contributed by atoms with E-state index in [0.29, 0.717) is 16.6 Å². The lowest BCUT2D eigenvalue weighted by Crippen LogP contribution is -2.02. The molecule has 1 heterocycles. The molecule has 5 heteroatoms. The van der Waals surface area contributed by atoms with Crippen molar-refractivity contribution in [1.29, 1.82) is 0 Å². The van der Waals surface area contributed by atoms with Crippen molar-refractivity contribution >= 4 is 28.5 Å². The van der Waals surface area contributed by atoms with E-state index in [1.54, 1.807) is 12.1 Å². The Morgan fingerprint density at radius 3 is 2.88 bits per heavy atom. The largest absolute Gasteiger partial charge is 0.481 e. The molecule has 0 saturated carbocycles. The maximum Gasteiger partial charge on any atom is 0.309 e. The number of carboxylic acid groups (broad SMARTS) is 1. The van der Waals surface area contributed by atoms with E-state index in [-0.39, 0.29) is 11.4 Å². The monoisotopic (exact) mass is 239 g/mol. The van der Waals surface area contributed by atoms with Gasteiger partial charge >= 0.3 is 5.97 Å². The molecule has 0 amide bonds. The van der Waals surface area contributed by atoms with E-state index in [0.717, 1.165) is 0 Å². The summed E-state index contributed by atoms with van der Waals surface area (Å²) in [5.41, 5.74) is 0.910. The second kappa shape index (κ2) is 4.06. The van der Waals surface area contributed by atoms with E-state index in [2.05, 4.69) is 4.98 Å². The third kappa shape index (κ3) is 2.12. The molecule has 0 fully saturated rings. The first-order valence-corrected chi connectivity index (χ1v) is 4.90. The molecule has 0 spiro atoms. The SMILES string of the molecule is O=C(O)Cc1ccc2cc(F)c(Cl)cc2n1. The summed E-state index contributed by atoms with van der Waals surface area (Å²) >= 11 is 5.61. The fourth-order valence-corrected chi connectivity index (χ4v) is 1.57. The van der Waals surface area contributed by atoms with Crippen LogP contribution < -0.4 is 0 Å². The number of nitrogens with zero attached hydrogens (tertiary/aromatic N) is 1. The number of aromatic nitrogens is 1.